The Bertz CT molecular complexity index is 937. The van der Waals surface area contributed by atoms with Crippen LogP contribution in [0.1, 0.15) is 42.9 Å². The number of methoxy groups -OCH3 is 1. The summed E-state index contributed by atoms with van der Waals surface area (Å²) < 4.78 is 46.4. The number of anilines is 1. The van der Waals surface area contributed by atoms with Crippen molar-refractivity contribution in [1.29, 1.82) is 0 Å². The maximum absolute atomic E-state index is 12.6. The molecule has 0 aliphatic rings. The molecule has 0 fully saturated rings. The minimum Gasteiger partial charge on any atom is -0.480 e. The molecular weight excluding hydrogens is 419 g/mol. The topological polar surface area (TPSA) is 115 Å². The third-order valence-corrected chi connectivity index (χ3v) is 3.88. The van der Waals surface area contributed by atoms with Crippen LogP contribution in [0.2, 0.25) is 0 Å². The Morgan fingerprint density at radius 1 is 1.13 bits per heavy atom. The quantitative estimate of drug-likeness (QED) is 0.647. The van der Waals surface area contributed by atoms with Crippen LogP contribution in [0.15, 0.2) is 24.4 Å². The van der Waals surface area contributed by atoms with Gasteiger partial charge in [-0.2, -0.15) is 18.2 Å². The van der Waals surface area contributed by atoms with Crippen LogP contribution in [0.3, 0.4) is 0 Å². The number of halogens is 3. The number of hydrogen-bond donors (Lipinski definition) is 2. The van der Waals surface area contributed by atoms with E-state index in [1.165, 1.54) is 19.4 Å². The SMILES string of the molecule is COc1nc(OCC(F)(F)F)ccc1C(=O)NC(C)c1ccnc(NC(=O)C(C)C)n1. The Morgan fingerprint density at radius 3 is 2.45 bits per heavy atom. The molecule has 0 saturated heterocycles. The number of nitrogens with zero attached hydrogens (tertiary/aromatic N) is 3. The molecule has 0 saturated carbocycles. The number of rotatable bonds is 8. The molecule has 2 amide bonds. The van der Waals surface area contributed by atoms with E-state index in [2.05, 4.69) is 30.3 Å². The van der Waals surface area contributed by atoms with Crippen molar-refractivity contribution in [3.63, 3.8) is 0 Å². The van der Waals surface area contributed by atoms with Crippen molar-refractivity contribution in [1.82, 2.24) is 20.3 Å². The first-order valence-corrected chi connectivity index (χ1v) is 9.19. The largest absolute Gasteiger partial charge is 0.480 e. The molecule has 1 atom stereocenters. The first kappa shape index (κ1) is 23.8. The second-order valence-corrected chi connectivity index (χ2v) is 6.75. The van der Waals surface area contributed by atoms with Crippen molar-refractivity contribution >= 4 is 17.8 Å². The van der Waals surface area contributed by atoms with Gasteiger partial charge in [0, 0.05) is 18.2 Å². The summed E-state index contributed by atoms with van der Waals surface area (Å²) in [5.74, 6) is -1.53. The van der Waals surface area contributed by atoms with Crippen LogP contribution >= 0.6 is 0 Å². The zero-order valence-electron chi connectivity index (χ0n) is 17.3. The predicted molar refractivity (Wildman–Crippen MR) is 104 cm³/mol. The zero-order valence-corrected chi connectivity index (χ0v) is 17.3. The summed E-state index contributed by atoms with van der Waals surface area (Å²) in [6, 6.07) is 3.36. The molecule has 2 heterocycles. The average molecular weight is 441 g/mol. The molecule has 0 aliphatic carbocycles. The molecule has 2 aromatic rings. The number of hydrogen-bond acceptors (Lipinski definition) is 7. The second-order valence-electron chi connectivity index (χ2n) is 6.75. The number of alkyl halides is 3. The summed E-state index contributed by atoms with van der Waals surface area (Å²) in [5.41, 5.74) is 0.426. The summed E-state index contributed by atoms with van der Waals surface area (Å²) >= 11 is 0. The predicted octanol–water partition coefficient (Wildman–Crippen LogP) is 2.91. The highest BCUT2D eigenvalue weighted by Gasteiger charge is 2.29. The lowest BCUT2D eigenvalue weighted by molar-refractivity contribution is -0.154. The van der Waals surface area contributed by atoms with E-state index in [1.54, 1.807) is 26.8 Å². The van der Waals surface area contributed by atoms with Gasteiger partial charge >= 0.3 is 6.18 Å². The van der Waals surface area contributed by atoms with E-state index in [0.717, 1.165) is 6.07 Å². The summed E-state index contributed by atoms with van der Waals surface area (Å²) in [7, 11) is 1.23. The first-order chi connectivity index (χ1) is 14.5. The molecule has 12 heteroatoms. The number of carbonyl (C=O) groups excluding carboxylic acids is 2. The van der Waals surface area contributed by atoms with Crippen molar-refractivity contribution in [3.05, 3.63) is 35.7 Å². The van der Waals surface area contributed by atoms with E-state index in [-0.39, 0.29) is 35.1 Å². The molecule has 0 radical (unpaired) electrons. The lowest BCUT2D eigenvalue weighted by Gasteiger charge is -2.16. The van der Waals surface area contributed by atoms with Gasteiger partial charge in [0.2, 0.25) is 23.6 Å². The number of nitrogens with one attached hydrogen (secondary N) is 2. The lowest BCUT2D eigenvalue weighted by atomic mass is 10.2. The van der Waals surface area contributed by atoms with Crippen LogP contribution in [0.4, 0.5) is 19.1 Å². The van der Waals surface area contributed by atoms with Gasteiger partial charge in [-0.1, -0.05) is 13.8 Å². The molecule has 2 rings (SSSR count). The normalized spacial score (nSPS) is 12.3. The van der Waals surface area contributed by atoms with Crippen LogP contribution in [-0.4, -0.2) is 46.7 Å². The third-order valence-electron chi connectivity index (χ3n) is 3.88. The minimum atomic E-state index is -4.52. The van der Waals surface area contributed by atoms with Gasteiger partial charge in [-0.15, -0.1) is 0 Å². The van der Waals surface area contributed by atoms with Gasteiger partial charge in [0.05, 0.1) is 18.8 Å². The molecule has 31 heavy (non-hydrogen) atoms. The molecule has 0 aromatic carbocycles. The van der Waals surface area contributed by atoms with Gasteiger partial charge < -0.3 is 14.8 Å². The van der Waals surface area contributed by atoms with Crippen LogP contribution in [0.5, 0.6) is 11.8 Å². The Balaban J connectivity index is 2.11. The first-order valence-electron chi connectivity index (χ1n) is 9.19. The molecule has 0 spiro atoms. The summed E-state index contributed by atoms with van der Waals surface area (Å²) in [5, 5.41) is 5.25. The van der Waals surface area contributed by atoms with Gasteiger partial charge in [0.1, 0.15) is 5.56 Å². The molecule has 1 unspecified atom stereocenters. The van der Waals surface area contributed by atoms with Crippen LogP contribution < -0.4 is 20.1 Å². The van der Waals surface area contributed by atoms with E-state index in [9.17, 15) is 22.8 Å². The lowest BCUT2D eigenvalue weighted by Crippen LogP contribution is -2.28. The average Bonchev–Trinajstić information content (AvgIpc) is 2.71. The van der Waals surface area contributed by atoms with Crippen LogP contribution in [0, 0.1) is 5.92 Å². The van der Waals surface area contributed by atoms with E-state index in [0.29, 0.717) is 5.69 Å². The van der Waals surface area contributed by atoms with Gasteiger partial charge in [-0.25, -0.2) is 9.97 Å². The van der Waals surface area contributed by atoms with Gasteiger partial charge in [-0.05, 0) is 19.1 Å². The van der Waals surface area contributed by atoms with Crippen LogP contribution in [-0.2, 0) is 4.79 Å². The fraction of sp³-hybridized carbons (Fsp3) is 0.421. The standard InChI is InChI=1S/C19H22F3N5O4/c1-10(2)15(28)27-18-23-8-7-13(25-18)11(3)24-16(29)12-5-6-14(26-17(12)30-4)31-9-19(20,21)22/h5-8,10-11H,9H2,1-4H3,(H,24,29)(H,23,25,27,28). The van der Waals surface area contributed by atoms with Crippen molar-refractivity contribution in [2.45, 2.75) is 33.0 Å². The highest BCUT2D eigenvalue weighted by atomic mass is 19.4. The summed E-state index contributed by atoms with van der Waals surface area (Å²) in [6.45, 7) is 3.59. The monoisotopic (exact) mass is 441 g/mol. The summed E-state index contributed by atoms with van der Waals surface area (Å²) in [6.07, 6.45) is -3.08. The fourth-order valence-electron chi connectivity index (χ4n) is 2.26. The van der Waals surface area contributed by atoms with Gasteiger partial charge in [0.25, 0.3) is 5.91 Å². The molecule has 0 bridgehead atoms. The molecular formula is C19H22F3N5O4. The van der Waals surface area contributed by atoms with E-state index >= 15 is 0 Å². The molecule has 2 aromatic heterocycles. The van der Waals surface area contributed by atoms with Gasteiger partial charge in [-0.3, -0.25) is 14.9 Å². The van der Waals surface area contributed by atoms with Crippen molar-refractivity contribution < 1.29 is 32.2 Å². The third kappa shape index (κ3) is 7.08. The molecule has 0 aliphatic heterocycles. The highest BCUT2D eigenvalue weighted by Crippen LogP contribution is 2.23. The molecule has 9 nitrogen and oxygen atoms in total. The minimum absolute atomic E-state index is 0.00361. The highest BCUT2D eigenvalue weighted by molar-refractivity contribution is 5.96. The number of ether oxygens (including phenoxy) is 2. The Kier molecular flexibility index (Phi) is 7.72. The Labute approximate surface area is 176 Å². The second kappa shape index (κ2) is 10.0. The van der Waals surface area contributed by atoms with Crippen molar-refractivity contribution in [2.75, 3.05) is 19.0 Å². The number of pyridine rings is 1. The maximum Gasteiger partial charge on any atom is 0.422 e. The fourth-order valence-corrected chi connectivity index (χ4v) is 2.26. The zero-order chi connectivity index (χ0) is 23.2. The smallest absolute Gasteiger partial charge is 0.422 e. The van der Waals surface area contributed by atoms with Crippen molar-refractivity contribution in [3.8, 4) is 11.8 Å². The summed E-state index contributed by atoms with van der Waals surface area (Å²) in [4.78, 5) is 36.4. The van der Waals surface area contributed by atoms with E-state index in [4.69, 9.17) is 4.74 Å². The molecule has 2 N–H and O–H groups in total. The van der Waals surface area contributed by atoms with Crippen LogP contribution in [0.25, 0.3) is 0 Å². The van der Waals surface area contributed by atoms with Crippen molar-refractivity contribution in [2.24, 2.45) is 5.92 Å². The Morgan fingerprint density at radius 2 is 1.84 bits per heavy atom. The number of aromatic nitrogens is 3. The molecule has 168 valence electrons. The van der Waals surface area contributed by atoms with E-state index < -0.39 is 24.7 Å². The maximum atomic E-state index is 12.6. The Hall–Kier alpha value is -3.44. The van der Waals surface area contributed by atoms with Gasteiger partial charge in [0.15, 0.2) is 6.61 Å². The number of carbonyl (C=O) groups is 2. The number of amides is 2. The van der Waals surface area contributed by atoms with E-state index in [1.807, 2.05) is 0 Å².